The van der Waals surface area contributed by atoms with Gasteiger partial charge in [0.25, 0.3) is 0 Å². The van der Waals surface area contributed by atoms with E-state index < -0.39 is 5.97 Å². The maximum absolute atomic E-state index is 11.1. The number of aromatic amines is 1. The Balaban J connectivity index is 2.47. The number of hydrogen-bond acceptors (Lipinski definition) is 3. The minimum atomic E-state index is -0.856. The summed E-state index contributed by atoms with van der Waals surface area (Å²) in [4.78, 5) is 11.1. The number of nitrogen functional groups attached to an aromatic ring is 1. The van der Waals surface area contributed by atoms with Crippen molar-refractivity contribution in [2.24, 2.45) is 0 Å². The number of carboxylic acid groups (broad SMARTS) is 1. The number of benzene rings is 1. The molecule has 0 spiro atoms. The van der Waals surface area contributed by atoms with E-state index in [1.165, 1.54) is 0 Å². The molecule has 19 heavy (non-hydrogen) atoms. The molecule has 1 unspecified atom stereocenters. The average Bonchev–Trinajstić information content (AvgIpc) is 2.67. The molecule has 0 aliphatic rings. The highest BCUT2D eigenvalue weighted by atomic mass is 16.4. The van der Waals surface area contributed by atoms with Crippen LogP contribution in [0, 0.1) is 13.8 Å². The number of aromatic nitrogens is 2. The number of H-pyrrole nitrogens is 1. The monoisotopic (exact) mass is 259 g/mol. The van der Waals surface area contributed by atoms with Gasteiger partial charge in [-0.25, -0.2) is 0 Å². The summed E-state index contributed by atoms with van der Waals surface area (Å²) in [6.45, 7) is 3.84. The second-order valence-electron chi connectivity index (χ2n) is 4.71. The predicted molar refractivity (Wildman–Crippen MR) is 73.0 cm³/mol. The largest absolute Gasteiger partial charge is 0.481 e. The van der Waals surface area contributed by atoms with Crippen molar-refractivity contribution in [2.75, 3.05) is 5.73 Å². The summed E-state index contributed by atoms with van der Waals surface area (Å²) in [7, 11) is 0. The molecular weight excluding hydrogens is 242 g/mol. The number of rotatable bonds is 4. The number of anilines is 1. The van der Waals surface area contributed by atoms with E-state index >= 15 is 0 Å². The van der Waals surface area contributed by atoms with Gasteiger partial charge in [-0.15, -0.1) is 0 Å². The van der Waals surface area contributed by atoms with E-state index in [2.05, 4.69) is 10.2 Å². The molecule has 4 N–H and O–H groups in total. The first kappa shape index (κ1) is 13.1. The lowest BCUT2D eigenvalue weighted by Crippen LogP contribution is -2.10. The van der Waals surface area contributed by atoms with Gasteiger partial charge in [0.1, 0.15) is 5.82 Å². The van der Waals surface area contributed by atoms with Crippen LogP contribution in [0.4, 0.5) is 5.82 Å². The van der Waals surface area contributed by atoms with Gasteiger partial charge in [-0.2, -0.15) is 5.10 Å². The topological polar surface area (TPSA) is 92.0 Å². The first-order valence-electron chi connectivity index (χ1n) is 6.07. The Morgan fingerprint density at radius 3 is 2.47 bits per heavy atom. The highest BCUT2D eigenvalue weighted by Gasteiger charge is 2.23. The van der Waals surface area contributed by atoms with E-state index in [0.29, 0.717) is 5.82 Å². The smallest absolute Gasteiger partial charge is 0.304 e. The zero-order chi connectivity index (χ0) is 14.0. The fourth-order valence-corrected chi connectivity index (χ4v) is 2.26. The van der Waals surface area contributed by atoms with Gasteiger partial charge in [0.15, 0.2) is 0 Å². The Morgan fingerprint density at radius 2 is 2.00 bits per heavy atom. The van der Waals surface area contributed by atoms with E-state index in [-0.39, 0.29) is 12.3 Å². The lowest BCUT2D eigenvalue weighted by Gasteiger charge is -2.16. The molecule has 1 aromatic carbocycles. The van der Waals surface area contributed by atoms with Crippen LogP contribution < -0.4 is 5.73 Å². The lowest BCUT2D eigenvalue weighted by molar-refractivity contribution is -0.137. The number of nitrogens with one attached hydrogen (secondary N) is 1. The summed E-state index contributed by atoms with van der Waals surface area (Å²) in [5.74, 6) is -0.772. The minimum absolute atomic E-state index is 0.00632. The quantitative estimate of drug-likeness (QED) is 0.785. The number of carboxylic acids is 1. The number of aliphatic carboxylic acids is 1. The number of aryl methyl sites for hydroxylation is 2. The SMILES string of the molecule is Cc1ccc(C(CC(=O)O)c2c(N)n[nH]c2C)cc1. The fraction of sp³-hybridized carbons (Fsp3) is 0.286. The van der Waals surface area contributed by atoms with Crippen molar-refractivity contribution in [1.29, 1.82) is 0 Å². The average molecular weight is 259 g/mol. The molecule has 0 radical (unpaired) electrons. The molecule has 1 heterocycles. The van der Waals surface area contributed by atoms with Crippen molar-refractivity contribution in [3.8, 4) is 0 Å². The number of carbonyl (C=O) groups is 1. The molecule has 1 atom stereocenters. The van der Waals surface area contributed by atoms with Gasteiger partial charge in [0, 0.05) is 17.2 Å². The summed E-state index contributed by atoms with van der Waals surface area (Å²) < 4.78 is 0. The highest BCUT2D eigenvalue weighted by Crippen LogP contribution is 2.33. The molecule has 0 aliphatic carbocycles. The summed E-state index contributed by atoms with van der Waals surface area (Å²) in [5, 5.41) is 15.9. The molecule has 0 fully saturated rings. The van der Waals surface area contributed by atoms with Crippen LogP contribution in [0.25, 0.3) is 0 Å². The molecule has 5 nitrogen and oxygen atoms in total. The molecule has 5 heteroatoms. The summed E-state index contributed by atoms with van der Waals surface area (Å²) in [6.07, 6.45) is -0.00632. The Labute approximate surface area is 111 Å². The maximum atomic E-state index is 11.1. The fourth-order valence-electron chi connectivity index (χ4n) is 2.26. The standard InChI is InChI=1S/C14H17N3O2/c1-8-3-5-10(6-4-8)11(7-12(18)19)13-9(2)16-17-14(13)15/h3-6,11H,7H2,1-2H3,(H,18,19)(H3,15,16,17). The summed E-state index contributed by atoms with van der Waals surface area (Å²) >= 11 is 0. The van der Waals surface area contributed by atoms with Crippen LogP contribution in [0.5, 0.6) is 0 Å². The third-order valence-corrected chi connectivity index (χ3v) is 3.23. The van der Waals surface area contributed by atoms with Gasteiger partial charge >= 0.3 is 5.97 Å². The van der Waals surface area contributed by atoms with E-state index in [4.69, 9.17) is 10.8 Å². The molecule has 0 aliphatic heterocycles. The predicted octanol–water partition coefficient (Wildman–Crippen LogP) is 2.22. The van der Waals surface area contributed by atoms with Crippen LogP contribution in [-0.4, -0.2) is 21.3 Å². The van der Waals surface area contributed by atoms with Crippen LogP contribution >= 0.6 is 0 Å². The van der Waals surface area contributed by atoms with Crippen molar-refractivity contribution < 1.29 is 9.90 Å². The molecule has 0 amide bonds. The van der Waals surface area contributed by atoms with Gasteiger partial charge < -0.3 is 10.8 Å². The van der Waals surface area contributed by atoms with Crippen molar-refractivity contribution in [2.45, 2.75) is 26.2 Å². The third-order valence-electron chi connectivity index (χ3n) is 3.23. The molecule has 0 saturated carbocycles. The van der Waals surface area contributed by atoms with Gasteiger partial charge in [0.2, 0.25) is 0 Å². The van der Waals surface area contributed by atoms with Crippen LogP contribution in [0.15, 0.2) is 24.3 Å². The van der Waals surface area contributed by atoms with E-state index in [1.807, 2.05) is 38.1 Å². The zero-order valence-electron chi connectivity index (χ0n) is 11.0. The molecule has 100 valence electrons. The van der Waals surface area contributed by atoms with Crippen LogP contribution in [0.1, 0.15) is 34.7 Å². The Morgan fingerprint density at radius 1 is 1.37 bits per heavy atom. The third kappa shape index (κ3) is 2.76. The Hall–Kier alpha value is -2.30. The molecule has 0 saturated heterocycles. The number of nitrogens with two attached hydrogens (primary N) is 1. The first-order chi connectivity index (χ1) is 8.99. The van der Waals surface area contributed by atoms with E-state index in [1.54, 1.807) is 0 Å². The first-order valence-corrected chi connectivity index (χ1v) is 6.07. The second-order valence-corrected chi connectivity index (χ2v) is 4.71. The highest BCUT2D eigenvalue weighted by molar-refractivity contribution is 5.70. The number of nitrogens with zero attached hydrogens (tertiary/aromatic N) is 1. The van der Waals surface area contributed by atoms with Gasteiger partial charge in [-0.3, -0.25) is 9.89 Å². The van der Waals surface area contributed by atoms with Crippen molar-refractivity contribution in [3.63, 3.8) is 0 Å². The Bertz CT molecular complexity index is 568. The summed E-state index contributed by atoms with van der Waals surface area (Å²) in [6, 6.07) is 7.81. The molecular formula is C14H17N3O2. The molecule has 2 rings (SSSR count). The van der Waals surface area contributed by atoms with Gasteiger partial charge in [-0.1, -0.05) is 29.8 Å². The van der Waals surface area contributed by atoms with Crippen molar-refractivity contribution in [1.82, 2.24) is 10.2 Å². The van der Waals surface area contributed by atoms with Crippen LogP contribution in [0.2, 0.25) is 0 Å². The van der Waals surface area contributed by atoms with E-state index in [0.717, 1.165) is 22.4 Å². The van der Waals surface area contributed by atoms with Crippen molar-refractivity contribution >= 4 is 11.8 Å². The number of hydrogen-bond donors (Lipinski definition) is 3. The zero-order valence-corrected chi connectivity index (χ0v) is 11.0. The van der Waals surface area contributed by atoms with Crippen molar-refractivity contribution in [3.05, 3.63) is 46.6 Å². The van der Waals surface area contributed by atoms with Gasteiger partial charge in [-0.05, 0) is 19.4 Å². The maximum Gasteiger partial charge on any atom is 0.304 e. The van der Waals surface area contributed by atoms with Gasteiger partial charge in [0.05, 0.1) is 6.42 Å². The molecule has 2 aromatic rings. The second kappa shape index (κ2) is 5.14. The van der Waals surface area contributed by atoms with Crippen LogP contribution in [0.3, 0.4) is 0 Å². The molecule has 0 bridgehead atoms. The lowest BCUT2D eigenvalue weighted by atomic mass is 9.88. The minimum Gasteiger partial charge on any atom is -0.481 e. The van der Waals surface area contributed by atoms with Crippen LogP contribution in [-0.2, 0) is 4.79 Å². The normalized spacial score (nSPS) is 12.3. The summed E-state index contributed by atoms with van der Waals surface area (Å²) in [5.41, 5.74) is 9.50. The molecule has 1 aromatic heterocycles. The van der Waals surface area contributed by atoms with E-state index in [9.17, 15) is 4.79 Å². The Kier molecular flexibility index (Phi) is 3.55.